The number of nitrogens with two attached hydrogens (primary N) is 1. The summed E-state index contributed by atoms with van der Waals surface area (Å²) in [5.41, 5.74) is 6.38. The van der Waals surface area contributed by atoms with Gasteiger partial charge >= 0.3 is 0 Å². The molecular formula is C13H17ClFNO. The Kier molecular flexibility index (Phi) is 3.89. The fourth-order valence-corrected chi connectivity index (χ4v) is 1.98. The van der Waals surface area contributed by atoms with E-state index in [1.54, 1.807) is 0 Å². The second kappa shape index (κ2) is 5.23. The summed E-state index contributed by atoms with van der Waals surface area (Å²) in [5, 5.41) is 0.334. The zero-order valence-electron chi connectivity index (χ0n) is 9.88. The smallest absolute Gasteiger partial charge is 0.141 e. The van der Waals surface area contributed by atoms with Gasteiger partial charge in [-0.3, -0.25) is 0 Å². The summed E-state index contributed by atoms with van der Waals surface area (Å²) in [7, 11) is 0. The maximum absolute atomic E-state index is 13.3. The SMILES string of the molecule is CC(CN)c1cc(F)cc(Cl)c1OCC1CC1. The van der Waals surface area contributed by atoms with Crippen LogP contribution in [0.4, 0.5) is 4.39 Å². The van der Waals surface area contributed by atoms with Gasteiger partial charge in [0.2, 0.25) is 0 Å². The van der Waals surface area contributed by atoms with Crippen LogP contribution in [0, 0.1) is 11.7 Å². The summed E-state index contributed by atoms with van der Waals surface area (Å²) in [6.07, 6.45) is 2.42. The Hall–Kier alpha value is -0.800. The maximum atomic E-state index is 13.3. The van der Waals surface area contributed by atoms with Crippen LogP contribution in [0.5, 0.6) is 5.75 Å². The van der Waals surface area contributed by atoms with E-state index >= 15 is 0 Å². The number of benzene rings is 1. The van der Waals surface area contributed by atoms with Crippen LogP contribution >= 0.6 is 11.6 Å². The highest BCUT2D eigenvalue weighted by molar-refractivity contribution is 6.32. The molecule has 1 unspecified atom stereocenters. The second-order valence-corrected chi connectivity index (χ2v) is 5.10. The molecule has 1 atom stereocenters. The lowest BCUT2D eigenvalue weighted by Crippen LogP contribution is -2.12. The Bertz CT molecular complexity index is 407. The van der Waals surface area contributed by atoms with Crippen LogP contribution in [-0.2, 0) is 0 Å². The van der Waals surface area contributed by atoms with E-state index in [4.69, 9.17) is 22.1 Å². The molecule has 1 fully saturated rings. The molecule has 1 aromatic carbocycles. The average Bonchev–Trinajstić information content (AvgIpc) is 3.09. The lowest BCUT2D eigenvalue weighted by molar-refractivity contribution is 0.295. The quantitative estimate of drug-likeness (QED) is 0.878. The van der Waals surface area contributed by atoms with Gasteiger partial charge in [0, 0.05) is 5.56 Å². The van der Waals surface area contributed by atoms with Gasteiger partial charge in [0.15, 0.2) is 0 Å². The minimum absolute atomic E-state index is 0.0393. The Labute approximate surface area is 106 Å². The Balaban J connectivity index is 2.24. The third kappa shape index (κ3) is 3.11. The number of hydrogen-bond acceptors (Lipinski definition) is 2. The normalized spacial score (nSPS) is 16.9. The van der Waals surface area contributed by atoms with Crippen LogP contribution in [0.3, 0.4) is 0 Å². The molecule has 4 heteroatoms. The molecular weight excluding hydrogens is 241 g/mol. The van der Waals surface area contributed by atoms with Crippen LogP contribution in [0.25, 0.3) is 0 Å². The predicted octanol–water partition coefficient (Wildman–Crippen LogP) is 3.33. The van der Waals surface area contributed by atoms with Gasteiger partial charge in [-0.15, -0.1) is 0 Å². The van der Waals surface area contributed by atoms with Crippen molar-refractivity contribution in [2.24, 2.45) is 11.7 Å². The molecule has 2 N–H and O–H groups in total. The van der Waals surface area contributed by atoms with E-state index in [2.05, 4.69) is 0 Å². The van der Waals surface area contributed by atoms with Gasteiger partial charge in [0.1, 0.15) is 11.6 Å². The molecule has 0 saturated heterocycles. The lowest BCUT2D eigenvalue weighted by atomic mass is 10.00. The minimum Gasteiger partial charge on any atom is -0.491 e. The van der Waals surface area contributed by atoms with E-state index in [-0.39, 0.29) is 11.7 Å². The first-order chi connectivity index (χ1) is 8.11. The fraction of sp³-hybridized carbons (Fsp3) is 0.538. The second-order valence-electron chi connectivity index (χ2n) is 4.70. The van der Waals surface area contributed by atoms with Gasteiger partial charge in [-0.1, -0.05) is 18.5 Å². The van der Waals surface area contributed by atoms with Crippen LogP contribution in [-0.4, -0.2) is 13.2 Å². The molecule has 2 rings (SSSR count). The van der Waals surface area contributed by atoms with Crippen molar-refractivity contribution < 1.29 is 9.13 Å². The largest absolute Gasteiger partial charge is 0.491 e. The van der Waals surface area contributed by atoms with Crippen molar-refractivity contribution in [3.8, 4) is 5.75 Å². The highest BCUT2D eigenvalue weighted by Crippen LogP contribution is 2.37. The van der Waals surface area contributed by atoms with E-state index in [0.717, 1.165) is 5.56 Å². The number of ether oxygens (including phenoxy) is 1. The average molecular weight is 258 g/mol. The first kappa shape index (κ1) is 12.7. The van der Waals surface area contributed by atoms with Crippen molar-refractivity contribution >= 4 is 11.6 Å². The monoisotopic (exact) mass is 257 g/mol. The molecule has 0 aliphatic heterocycles. The van der Waals surface area contributed by atoms with Gasteiger partial charge in [-0.25, -0.2) is 4.39 Å². The topological polar surface area (TPSA) is 35.2 Å². The van der Waals surface area contributed by atoms with Crippen LogP contribution in [0.1, 0.15) is 31.2 Å². The summed E-state index contributed by atoms with van der Waals surface area (Å²) in [5.74, 6) is 0.927. The van der Waals surface area contributed by atoms with Gasteiger partial charge in [-0.05, 0) is 43.4 Å². The summed E-state index contributed by atoms with van der Waals surface area (Å²) < 4.78 is 19.1. The van der Waals surface area contributed by atoms with Gasteiger partial charge in [-0.2, -0.15) is 0 Å². The van der Waals surface area contributed by atoms with Crippen molar-refractivity contribution in [2.45, 2.75) is 25.7 Å². The molecule has 2 nitrogen and oxygen atoms in total. The van der Waals surface area contributed by atoms with Gasteiger partial charge in [0.25, 0.3) is 0 Å². The third-order valence-corrected chi connectivity index (χ3v) is 3.36. The molecule has 1 aromatic rings. The summed E-state index contributed by atoms with van der Waals surface area (Å²) in [4.78, 5) is 0. The molecule has 0 amide bonds. The molecule has 0 aromatic heterocycles. The zero-order valence-corrected chi connectivity index (χ0v) is 10.6. The molecule has 0 spiro atoms. The molecule has 1 saturated carbocycles. The van der Waals surface area contributed by atoms with E-state index in [9.17, 15) is 4.39 Å². The summed E-state index contributed by atoms with van der Waals surface area (Å²) in [6.45, 7) is 3.05. The molecule has 17 heavy (non-hydrogen) atoms. The Morgan fingerprint density at radius 1 is 1.53 bits per heavy atom. The maximum Gasteiger partial charge on any atom is 0.141 e. The van der Waals surface area contributed by atoms with Crippen molar-refractivity contribution in [1.82, 2.24) is 0 Å². The van der Waals surface area contributed by atoms with Crippen molar-refractivity contribution in [2.75, 3.05) is 13.2 Å². The van der Waals surface area contributed by atoms with E-state index in [1.165, 1.54) is 25.0 Å². The number of rotatable bonds is 5. The Morgan fingerprint density at radius 2 is 2.24 bits per heavy atom. The van der Waals surface area contributed by atoms with E-state index in [0.29, 0.717) is 29.8 Å². The van der Waals surface area contributed by atoms with Gasteiger partial charge in [0.05, 0.1) is 11.6 Å². The molecule has 0 bridgehead atoms. The third-order valence-electron chi connectivity index (χ3n) is 3.08. The summed E-state index contributed by atoms with van der Waals surface area (Å²) in [6, 6.07) is 2.75. The molecule has 1 aliphatic rings. The number of hydrogen-bond donors (Lipinski definition) is 1. The lowest BCUT2D eigenvalue weighted by Gasteiger charge is -2.17. The highest BCUT2D eigenvalue weighted by Gasteiger charge is 2.24. The molecule has 1 aliphatic carbocycles. The highest BCUT2D eigenvalue weighted by atomic mass is 35.5. The minimum atomic E-state index is -0.343. The van der Waals surface area contributed by atoms with Crippen molar-refractivity contribution in [3.05, 3.63) is 28.5 Å². The molecule has 0 radical (unpaired) electrons. The van der Waals surface area contributed by atoms with Crippen molar-refractivity contribution in [3.63, 3.8) is 0 Å². The van der Waals surface area contributed by atoms with Gasteiger partial charge < -0.3 is 10.5 Å². The molecule has 94 valence electrons. The van der Waals surface area contributed by atoms with Crippen LogP contribution in [0.15, 0.2) is 12.1 Å². The fourth-order valence-electron chi connectivity index (χ4n) is 1.71. The standard InChI is InChI=1S/C13H17ClFNO/c1-8(6-16)11-4-10(15)5-12(14)13(11)17-7-9-2-3-9/h4-5,8-9H,2-3,6-7,16H2,1H3. The first-order valence-electron chi connectivity index (χ1n) is 5.93. The number of halogens is 2. The zero-order chi connectivity index (χ0) is 12.4. The van der Waals surface area contributed by atoms with E-state index < -0.39 is 0 Å². The Morgan fingerprint density at radius 3 is 2.82 bits per heavy atom. The van der Waals surface area contributed by atoms with Crippen molar-refractivity contribution in [1.29, 1.82) is 0 Å². The van der Waals surface area contributed by atoms with Crippen LogP contribution < -0.4 is 10.5 Å². The summed E-state index contributed by atoms with van der Waals surface area (Å²) >= 11 is 6.03. The van der Waals surface area contributed by atoms with Crippen LogP contribution in [0.2, 0.25) is 5.02 Å². The first-order valence-corrected chi connectivity index (χ1v) is 6.31. The van der Waals surface area contributed by atoms with E-state index in [1.807, 2.05) is 6.92 Å². The molecule has 0 heterocycles. The predicted molar refractivity (Wildman–Crippen MR) is 67.1 cm³/mol.